The summed E-state index contributed by atoms with van der Waals surface area (Å²) in [6, 6.07) is 2.03. The van der Waals surface area contributed by atoms with E-state index in [1.807, 2.05) is 32.2 Å². The van der Waals surface area contributed by atoms with E-state index in [1.54, 1.807) is 16.2 Å². The number of anilines is 1. The first-order valence-electron chi connectivity index (χ1n) is 8.57. The fraction of sp³-hybridized carbons (Fsp3) is 0.500. The van der Waals surface area contributed by atoms with E-state index in [0.717, 1.165) is 17.0 Å². The Kier molecular flexibility index (Phi) is 5.62. The molecule has 1 N–H and O–H groups in total. The van der Waals surface area contributed by atoms with E-state index in [2.05, 4.69) is 15.7 Å². The lowest BCUT2D eigenvalue weighted by molar-refractivity contribution is -0.116. The zero-order valence-electron chi connectivity index (χ0n) is 15.2. The van der Waals surface area contributed by atoms with Crippen molar-refractivity contribution in [3.05, 3.63) is 33.0 Å². The molecule has 0 unspecified atom stereocenters. The smallest absolute Gasteiger partial charge is 0.410 e. The number of ether oxygens (including phenoxy) is 1. The van der Waals surface area contributed by atoms with Crippen LogP contribution in [-0.2, 0) is 28.9 Å². The molecule has 0 fully saturated rings. The van der Waals surface area contributed by atoms with Crippen LogP contribution >= 0.6 is 22.7 Å². The predicted molar refractivity (Wildman–Crippen MR) is 104 cm³/mol. The second-order valence-corrected chi connectivity index (χ2v) is 9.08. The van der Waals surface area contributed by atoms with Gasteiger partial charge in [0.1, 0.15) is 5.60 Å². The largest absolute Gasteiger partial charge is 0.444 e. The fourth-order valence-electron chi connectivity index (χ4n) is 2.61. The standard InChI is InChI=1S/C18H23N3O3S2/c1-18(2,3)24-17(23)21-8-6-13-14(10-21)26-16(19-13)20-15(22)5-4-12-7-9-25-11-12/h7,9,11H,4-6,8,10H2,1-3H3,(H,19,20,22). The highest BCUT2D eigenvalue weighted by Crippen LogP contribution is 2.29. The molecule has 1 aliphatic rings. The summed E-state index contributed by atoms with van der Waals surface area (Å²) >= 11 is 3.07. The molecule has 140 valence electrons. The van der Waals surface area contributed by atoms with Gasteiger partial charge in [0.2, 0.25) is 5.91 Å². The Morgan fingerprint density at radius 3 is 2.88 bits per heavy atom. The van der Waals surface area contributed by atoms with E-state index in [9.17, 15) is 9.59 Å². The van der Waals surface area contributed by atoms with Crippen molar-refractivity contribution in [3.8, 4) is 0 Å². The molecular weight excluding hydrogens is 370 g/mol. The molecule has 6 nitrogen and oxygen atoms in total. The highest BCUT2D eigenvalue weighted by atomic mass is 32.1. The lowest BCUT2D eigenvalue weighted by Crippen LogP contribution is -2.39. The lowest BCUT2D eigenvalue weighted by atomic mass is 10.2. The van der Waals surface area contributed by atoms with Crippen molar-refractivity contribution < 1.29 is 14.3 Å². The SMILES string of the molecule is CC(C)(C)OC(=O)N1CCc2nc(NC(=O)CCc3ccsc3)sc2C1. The monoisotopic (exact) mass is 393 g/mol. The second-order valence-electron chi connectivity index (χ2n) is 7.22. The lowest BCUT2D eigenvalue weighted by Gasteiger charge is -2.29. The third kappa shape index (κ3) is 5.04. The number of hydrogen-bond acceptors (Lipinski definition) is 6. The van der Waals surface area contributed by atoms with Crippen LogP contribution in [0, 0.1) is 0 Å². The van der Waals surface area contributed by atoms with Gasteiger partial charge in [-0.15, -0.1) is 0 Å². The van der Waals surface area contributed by atoms with Crippen LogP contribution < -0.4 is 5.32 Å². The first-order valence-corrected chi connectivity index (χ1v) is 10.3. The number of aryl methyl sites for hydroxylation is 1. The third-order valence-corrected chi connectivity index (χ3v) is 5.58. The van der Waals surface area contributed by atoms with E-state index < -0.39 is 5.60 Å². The molecule has 2 aromatic rings. The van der Waals surface area contributed by atoms with Crippen LogP contribution in [0.4, 0.5) is 9.93 Å². The number of amides is 2. The molecule has 0 aromatic carbocycles. The van der Waals surface area contributed by atoms with E-state index >= 15 is 0 Å². The van der Waals surface area contributed by atoms with Gasteiger partial charge in [-0.05, 0) is 49.6 Å². The van der Waals surface area contributed by atoms with Crippen LogP contribution in [0.3, 0.4) is 0 Å². The van der Waals surface area contributed by atoms with Gasteiger partial charge in [0, 0.05) is 24.3 Å². The van der Waals surface area contributed by atoms with Gasteiger partial charge in [0.05, 0.1) is 12.2 Å². The van der Waals surface area contributed by atoms with Crippen LogP contribution in [0.25, 0.3) is 0 Å². The van der Waals surface area contributed by atoms with Crippen molar-refractivity contribution in [2.24, 2.45) is 0 Å². The fourth-order valence-corrected chi connectivity index (χ4v) is 4.35. The molecule has 0 saturated carbocycles. The minimum Gasteiger partial charge on any atom is -0.444 e. The molecule has 3 rings (SSSR count). The van der Waals surface area contributed by atoms with Crippen LogP contribution in [-0.4, -0.2) is 34.0 Å². The van der Waals surface area contributed by atoms with E-state index in [-0.39, 0.29) is 12.0 Å². The number of nitrogens with zero attached hydrogens (tertiary/aromatic N) is 2. The number of rotatable bonds is 4. The normalized spacial score (nSPS) is 14.0. The Morgan fingerprint density at radius 1 is 1.38 bits per heavy atom. The first-order chi connectivity index (χ1) is 12.3. The average Bonchev–Trinajstić information content (AvgIpc) is 3.19. The Labute approximate surface area is 161 Å². The molecule has 0 atom stereocenters. The molecule has 0 bridgehead atoms. The Hall–Kier alpha value is -1.93. The second kappa shape index (κ2) is 7.75. The van der Waals surface area contributed by atoms with Gasteiger partial charge in [-0.3, -0.25) is 4.79 Å². The molecule has 0 spiro atoms. The topological polar surface area (TPSA) is 71.5 Å². The van der Waals surface area contributed by atoms with Crippen LogP contribution in [0.1, 0.15) is 43.3 Å². The summed E-state index contributed by atoms with van der Waals surface area (Å²) in [5.74, 6) is -0.0358. The van der Waals surface area contributed by atoms with Crippen LogP contribution in [0.15, 0.2) is 16.8 Å². The molecule has 2 amide bonds. The average molecular weight is 394 g/mol. The van der Waals surface area contributed by atoms with Crippen molar-refractivity contribution in [2.45, 2.75) is 52.2 Å². The van der Waals surface area contributed by atoms with E-state index in [4.69, 9.17) is 4.74 Å². The van der Waals surface area contributed by atoms with Gasteiger partial charge in [-0.2, -0.15) is 11.3 Å². The van der Waals surface area contributed by atoms with Gasteiger partial charge in [0.15, 0.2) is 5.13 Å². The van der Waals surface area contributed by atoms with Gasteiger partial charge in [0.25, 0.3) is 0 Å². The third-order valence-electron chi connectivity index (χ3n) is 3.85. The molecular formula is C18H23N3O3S2. The number of thiazole rings is 1. The number of nitrogens with one attached hydrogen (secondary N) is 1. The predicted octanol–water partition coefficient (Wildman–Crippen LogP) is 4.07. The zero-order valence-corrected chi connectivity index (χ0v) is 16.8. The van der Waals surface area contributed by atoms with Gasteiger partial charge < -0.3 is 15.0 Å². The highest BCUT2D eigenvalue weighted by Gasteiger charge is 2.28. The Bertz CT molecular complexity index is 778. The summed E-state index contributed by atoms with van der Waals surface area (Å²) in [5.41, 5.74) is 1.63. The Morgan fingerprint density at radius 2 is 2.19 bits per heavy atom. The van der Waals surface area contributed by atoms with Gasteiger partial charge in [-0.1, -0.05) is 11.3 Å². The quantitative estimate of drug-likeness (QED) is 0.850. The summed E-state index contributed by atoms with van der Waals surface area (Å²) in [6.45, 7) is 6.63. The van der Waals surface area contributed by atoms with Crippen molar-refractivity contribution in [2.75, 3.05) is 11.9 Å². The van der Waals surface area contributed by atoms with E-state index in [1.165, 1.54) is 16.9 Å². The maximum Gasteiger partial charge on any atom is 0.410 e. The molecule has 1 aliphatic heterocycles. The summed E-state index contributed by atoms with van der Waals surface area (Å²) in [4.78, 5) is 31.6. The summed E-state index contributed by atoms with van der Waals surface area (Å²) in [6.07, 6.45) is 1.53. The zero-order chi connectivity index (χ0) is 18.7. The van der Waals surface area contributed by atoms with Crippen molar-refractivity contribution in [1.82, 2.24) is 9.88 Å². The molecule has 8 heteroatoms. The van der Waals surface area contributed by atoms with Gasteiger partial charge >= 0.3 is 6.09 Å². The van der Waals surface area contributed by atoms with Crippen molar-refractivity contribution in [3.63, 3.8) is 0 Å². The number of carbonyl (C=O) groups excluding carboxylic acids is 2. The molecule has 2 aromatic heterocycles. The minimum atomic E-state index is -0.507. The maximum atomic E-state index is 12.2. The van der Waals surface area contributed by atoms with Crippen molar-refractivity contribution >= 4 is 39.8 Å². The van der Waals surface area contributed by atoms with Crippen molar-refractivity contribution in [1.29, 1.82) is 0 Å². The van der Waals surface area contributed by atoms with Crippen LogP contribution in [0.2, 0.25) is 0 Å². The molecule has 0 saturated heterocycles. The molecule has 3 heterocycles. The number of fused-ring (bicyclic) bond motifs is 1. The Balaban J connectivity index is 1.55. The highest BCUT2D eigenvalue weighted by molar-refractivity contribution is 7.15. The van der Waals surface area contributed by atoms with Gasteiger partial charge in [-0.25, -0.2) is 9.78 Å². The molecule has 0 radical (unpaired) electrons. The molecule has 0 aliphatic carbocycles. The summed E-state index contributed by atoms with van der Waals surface area (Å²) in [5, 5.41) is 7.56. The number of aromatic nitrogens is 1. The van der Waals surface area contributed by atoms with E-state index in [0.29, 0.717) is 31.1 Å². The summed E-state index contributed by atoms with van der Waals surface area (Å²) < 4.78 is 5.43. The molecule has 26 heavy (non-hydrogen) atoms. The van der Waals surface area contributed by atoms with Crippen LogP contribution in [0.5, 0.6) is 0 Å². The first kappa shape index (κ1) is 18.8. The number of thiophene rings is 1. The number of carbonyl (C=O) groups is 2. The number of hydrogen-bond donors (Lipinski definition) is 1. The summed E-state index contributed by atoms with van der Waals surface area (Å²) in [7, 11) is 0. The minimum absolute atomic E-state index is 0.0358. The maximum absolute atomic E-state index is 12.2.